The molecular formula is C17H25ClFN3O. The highest BCUT2D eigenvalue weighted by Gasteiger charge is 2.27. The van der Waals surface area contributed by atoms with Crippen LogP contribution in [0.2, 0.25) is 0 Å². The van der Waals surface area contributed by atoms with Crippen molar-refractivity contribution < 1.29 is 9.18 Å². The molecule has 0 spiro atoms. The topological polar surface area (TPSA) is 44.4 Å². The van der Waals surface area contributed by atoms with Gasteiger partial charge in [0.05, 0.1) is 6.04 Å². The largest absolute Gasteiger partial charge is 0.369 e. The van der Waals surface area contributed by atoms with Crippen LogP contribution in [-0.4, -0.2) is 37.6 Å². The second-order valence-corrected chi connectivity index (χ2v) is 6.37. The summed E-state index contributed by atoms with van der Waals surface area (Å²) < 4.78 is 13.3. The van der Waals surface area contributed by atoms with Crippen LogP contribution in [0, 0.1) is 12.7 Å². The number of hydrogen-bond donors (Lipinski definition) is 2. The smallest absolute Gasteiger partial charge is 0.237 e. The quantitative estimate of drug-likeness (QED) is 0.887. The Morgan fingerprint density at radius 3 is 2.87 bits per heavy atom. The lowest BCUT2D eigenvalue weighted by atomic mass is 10.0. The van der Waals surface area contributed by atoms with E-state index >= 15 is 0 Å². The minimum Gasteiger partial charge on any atom is -0.369 e. The van der Waals surface area contributed by atoms with E-state index in [1.54, 1.807) is 6.07 Å². The van der Waals surface area contributed by atoms with Gasteiger partial charge in [-0.1, -0.05) is 0 Å². The molecule has 2 atom stereocenters. The summed E-state index contributed by atoms with van der Waals surface area (Å²) >= 11 is 0. The number of rotatable bonds is 3. The molecule has 2 aliphatic rings. The summed E-state index contributed by atoms with van der Waals surface area (Å²) in [5.41, 5.74) is 2.02. The van der Waals surface area contributed by atoms with E-state index in [4.69, 9.17) is 0 Å². The Morgan fingerprint density at radius 1 is 1.35 bits per heavy atom. The molecule has 2 heterocycles. The van der Waals surface area contributed by atoms with Gasteiger partial charge in [-0.2, -0.15) is 0 Å². The predicted molar refractivity (Wildman–Crippen MR) is 92.8 cm³/mol. The summed E-state index contributed by atoms with van der Waals surface area (Å²) in [6.07, 6.45) is 4.05. The second-order valence-electron chi connectivity index (χ2n) is 6.37. The average molecular weight is 342 g/mol. The number of amides is 1. The number of carbonyl (C=O) groups excluding carboxylic acids is 1. The predicted octanol–water partition coefficient (Wildman–Crippen LogP) is 2.39. The molecule has 0 saturated carbocycles. The number of anilines is 1. The van der Waals surface area contributed by atoms with Crippen LogP contribution in [0.5, 0.6) is 0 Å². The molecule has 1 aromatic rings. The fourth-order valence-corrected chi connectivity index (χ4v) is 3.50. The molecule has 1 amide bonds. The molecule has 2 fully saturated rings. The van der Waals surface area contributed by atoms with Crippen molar-refractivity contribution in [2.75, 3.05) is 24.5 Å². The maximum atomic E-state index is 13.3. The lowest BCUT2D eigenvalue weighted by molar-refractivity contribution is -0.123. The molecule has 0 aromatic heterocycles. The van der Waals surface area contributed by atoms with E-state index in [9.17, 15) is 9.18 Å². The number of aryl methyl sites for hydroxylation is 1. The Balaban J connectivity index is 0.00000192. The summed E-state index contributed by atoms with van der Waals surface area (Å²) in [4.78, 5) is 14.5. The third kappa shape index (κ3) is 4.36. The first-order chi connectivity index (χ1) is 10.6. The van der Waals surface area contributed by atoms with E-state index in [1.807, 2.05) is 13.0 Å². The molecule has 2 saturated heterocycles. The molecule has 23 heavy (non-hydrogen) atoms. The van der Waals surface area contributed by atoms with E-state index in [1.165, 1.54) is 6.07 Å². The van der Waals surface area contributed by atoms with Crippen molar-refractivity contribution in [3.63, 3.8) is 0 Å². The van der Waals surface area contributed by atoms with E-state index in [2.05, 4.69) is 15.5 Å². The first-order valence-electron chi connectivity index (χ1n) is 8.18. The highest BCUT2D eigenvalue weighted by atomic mass is 35.5. The number of piperidine rings is 1. The van der Waals surface area contributed by atoms with Gasteiger partial charge in [-0.3, -0.25) is 4.79 Å². The zero-order chi connectivity index (χ0) is 15.5. The minimum absolute atomic E-state index is 0. The standard InChI is InChI=1S/C17H24FN3O.ClH/c1-12-10-13(18)6-7-16(12)21-9-3-4-14(11-21)20-17(22)15-5-2-8-19-15;/h6-7,10,14-15,19H,2-5,8-9,11H2,1H3,(H,20,22);1H. The number of hydrogen-bond acceptors (Lipinski definition) is 3. The maximum Gasteiger partial charge on any atom is 0.237 e. The number of nitrogens with one attached hydrogen (secondary N) is 2. The summed E-state index contributed by atoms with van der Waals surface area (Å²) in [5, 5.41) is 6.41. The van der Waals surface area contributed by atoms with E-state index < -0.39 is 0 Å². The van der Waals surface area contributed by atoms with Crippen LogP contribution in [0.3, 0.4) is 0 Å². The van der Waals surface area contributed by atoms with Crippen LogP contribution >= 0.6 is 12.4 Å². The van der Waals surface area contributed by atoms with Crippen LogP contribution in [-0.2, 0) is 4.79 Å². The molecule has 1 aromatic carbocycles. The molecule has 0 aliphatic carbocycles. The monoisotopic (exact) mass is 341 g/mol. The maximum absolute atomic E-state index is 13.3. The van der Waals surface area contributed by atoms with Gasteiger partial charge in [0, 0.05) is 24.8 Å². The van der Waals surface area contributed by atoms with Crippen molar-refractivity contribution in [3.8, 4) is 0 Å². The van der Waals surface area contributed by atoms with E-state index in [0.717, 1.165) is 56.6 Å². The Kier molecular flexibility index (Phi) is 6.25. The van der Waals surface area contributed by atoms with Crippen molar-refractivity contribution in [2.45, 2.75) is 44.7 Å². The molecule has 2 N–H and O–H groups in total. The Bertz CT molecular complexity index is 549. The first-order valence-corrected chi connectivity index (χ1v) is 8.18. The van der Waals surface area contributed by atoms with Crippen LogP contribution in [0.15, 0.2) is 18.2 Å². The molecule has 2 aliphatic heterocycles. The molecule has 128 valence electrons. The van der Waals surface area contributed by atoms with Gasteiger partial charge in [0.2, 0.25) is 5.91 Å². The van der Waals surface area contributed by atoms with Crippen molar-refractivity contribution in [3.05, 3.63) is 29.6 Å². The van der Waals surface area contributed by atoms with Crippen molar-refractivity contribution >= 4 is 24.0 Å². The van der Waals surface area contributed by atoms with Crippen LogP contribution in [0.1, 0.15) is 31.2 Å². The van der Waals surface area contributed by atoms with Crippen molar-refractivity contribution in [1.29, 1.82) is 0 Å². The summed E-state index contributed by atoms with van der Waals surface area (Å²) in [6, 6.07) is 5.07. The molecule has 2 unspecified atom stereocenters. The zero-order valence-electron chi connectivity index (χ0n) is 13.5. The minimum atomic E-state index is -0.199. The number of carbonyl (C=O) groups is 1. The summed E-state index contributed by atoms with van der Waals surface area (Å²) in [5.74, 6) is -0.0735. The Hall–Kier alpha value is -1.33. The fourth-order valence-electron chi connectivity index (χ4n) is 3.50. The lowest BCUT2D eigenvalue weighted by Crippen LogP contribution is -2.52. The first kappa shape index (κ1) is 18.0. The van der Waals surface area contributed by atoms with E-state index in [-0.39, 0.29) is 36.2 Å². The van der Waals surface area contributed by atoms with Crippen LogP contribution < -0.4 is 15.5 Å². The third-order valence-corrected chi connectivity index (χ3v) is 4.64. The van der Waals surface area contributed by atoms with Crippen LogP contribution in [0.4, 0.5) is 10.1 Å². The highest BCUT2D eigenvalue weighted by Crippen LogP contribution is 2.24. The number of nitrogens with zero attached hydrogens (tertiary/aromatic N) is 1. The SMILES string of the molecule is Cc1cc(F)ccc1N1CCCC(NC(=O)C2CCCN2)C1.Cl. The van der Waals surface area contributed by atoms with Gasteiger partial charge in [0.25, 0.3) is 0 Å². The average Bonchev–Trinajstić information content (AvgIpc) is 3.02. The van der Waals surface area contributed by atoms with Gasteiger partial charge in [-0.25, -0.2) is 4.39 Å². The van der Waals surface area contributed by atoms with Gasteiger partial charge < -0.3 is 15.5 Å². The normalized spacial score (nSPS) is 24.2. The number of halogens is 2. The van der Waals surface area contributed by atoms with E-state index in [0.29, 0.717) is 0 Å². The van der Waals surface area contributed by atoms with Crippen molar-refractivity contribution in [2.24, 2.45) is 0 Å². The van der Waals surface area contributed by atoms with Gasteiger partial charge in [-0.05, 0) is 62.9 Å². The van der Waals surface area contributed by atoms with Crippen molar-refractivity contribution in [1.82, 2.24) is 10.6 Å². The molecule has 3 rings (SSSR count). The third-order valence-electron chi connectivity index (χ3n) is 4.64. The van der Waals surface area contributed by atoms with Gasteiger partial charge in [-0.15, -0.1) is 12.4 Å². The number of benzene rings is 1. The second kappa shape index (κ2) is 7.97. The Morgan fingerprint density at radius 2 is 2.17 bits per heavy atom. The fraction of sp³-hybridized carbons (Fsp3) is 0.588. The molecule has 6 heteroatoms. The Labute approximate surface area is 143 Å². The van der Waals surface area contributed by atoms with Crippen LogP contribution in [0.25, 0.3) is 0 Å². The lowest BCUT2D eigenvalue weighted by Gasteiger charge is -2.36. The molecule has 0 bridgehead atoms. The highest BCUT2D eigenvalue weighted by molar-refractivity contribution is 5.85. The zero-order valence-corrected chi connectivity index (χ0v) is 14.3. The summed E-state index contributed by atoms with van der Waals surface area (Å²) in [6.45, 7) is 4.62. The summed E-state index contributed by atoms with van der Waals surface area (Å²) in [7, 11) is 0. The molecular weight excluding hydrogens is 317 g/mol. The van der Waals surface area contributed by atoms with Gasteiger partial charge >= 0.3 is 0 Å². The van der Waals surface area contributed by atoms with Gasteiger partial charge in [0.1, 0.15) is 5.82 Å². The van der Waals surface area contributed by atoms with Gasteiger partial charge in [0.15, 0.2) is 0 Å². The molecule has 4 nitrogen and oxygen atoms in total. The molecule has 0 radical (unpaired) electrons.